The molecule has 0 unspecified atom stereocenters. The number of carbonyl (C=O) groups is 1. The van der Waals surface area contributed by atoms with Gasteiger partial charge in [-0.05, 0) is 68.7 Å². The molecule has 1 atom stereocenters. The molecule has 0 aliphatic carbocycles. The molecule has 0 radical (unpaired) electrons. The van der Waals surface area contributed by atoms with Crippen LogP contribution < -0.4 is 14.4 Å². The molecule has 6 heteroatoms. The molecular weight excluding hydrogens is 402 g/mol. The number of thioether (sulfide) groups is 1. The van der Waals surface area contributed by atoms with Crippen molar-refractivity contribution >= 4 is 46.0 Å². The molecule has 152 valence electrons. The van der Waals surface area contributed by atoms with Gasteiger partial charge in [0, 0.05) is 0 Å². The maximum absolute atomic E-state index is 13.0. The molecule has 1 fully saturated rings. The summed E-state index contributed by atoms with van der Waals surface area (Å²) < 4.78 is 12.2. The quantitative estimate of drug-likeness (QED) is 0.402. The van der Waals surface area contributed by atoms with E-state index in [1.165, 1.54) is 11.8 Å². The molecule has 1 amide bonds. The minimum Gasteiger partial charge on any atom is -0.490 e. The van der Waals surface area contributed by atoms with E-state index in [1.807, 2.05) is 69.3 Å². The van der Waals surface area contributed by atoms with Gasteiger partial charge < -0.3 is 9.47 Å². The lowest BCUT2D eigenvalue weighted by molar-refractivity contribution is -0.113. The van der Waals surface area contributed by atoms with Crippen molar-refractivity contribution in [2.24, 2.45) is 0 Å². The fraction of sp³-hybridized carbons (Fsp3) is 0.304. The van der Waals surface area contributed by atoms with Crippen LogP contribution in [0, 0.1) is 6.92 Å². The monoisotopic (exact) mass is 427 g/mol. The first-order valence-electron chi connectivity index (χ1n) is 9.71. The Hall–Kier alpha value is -2.31. The van der Waals surface area contributed by atoms with Gasteiger partial charge in [0.25, 0.3) is 5.91 Å². The normalized spacial score (nSPS) is 16.4. The summed E-state index contributed by atoms with van der Waals surface area (Å²) in [6, 6.07) is 13.5. The summed E-state index contributed by atoms with van der Waals surface area (Å²) in [5, 5.41) is 0. The van der Waals surface area contributed by atoms with Gasteiger partial charge in [-0.1, -0.05) is 49.1 Å². The second-order valence-corrected chi connectivity index (χ2v) is 8.51. The van der Waals surface area contributed by atoms with Crippen molar-refractivity contribution in [3.05, 3.63) is 58.5 Å². The van der Waals surface area contributed by atoms with E-state index < -0.39 is 0 Å². The van der Waals surface area contributed by atoms with Gasteiger partial charge in [0.2, 0.25) is 0 Å². The molecule has 1 aliphatic rings. The van der Waals surface area contributed by atoms with Gasteiger partial charge in [0.1, 0.15) is 0 Å². The first kappa shape index (κ1) is 21.4. The number of rotatable bonds is 7. The largest absolute Gasteiger partial charge is 0.490 e. The Labute approximate surface area is 181 Å². The number of carbonyl (C=O) groups excluding carboxylic acids is 1. The van der Waals surface area contributed by atoms with Crippen molar-refractivity contribution in [3.8, 4) is 11.5 Å². The van der Waals surface area contributed by atoms with Crippen LogP contribution in [0.3, 0.4) is 0 Å². The fourth-order valence-corrected chi connectivity index (χ4v) is 4.19. The number of anilines is 1. The lowest BCUT2D eigenvalue weighted by atomic mass is 10.1. The number of nitrogens with zero attached hydrogens (tertiary/aromatic N) is 1. The molecule has 0 spiro atoms. The van der Waals surface area contributed by atoms with Crippen molar-refractivity contribution in [2.45, 2.75) is 40.2 Å². The van der Waals surface area contributed by atoms with Crippen LogP contribution in [0.4, 0.5) is 5.69 Å². The van der Waals surface area contributed by atoms with Crippen molar-refractivity contribution in [3.63, 3.8) is 0 Å². The van der Waals surface area contributed by atoms with Crippen LogP contribution in [0.25, 0.3) is 6.08 Å². The molecule has 4 nitrogen and oxygen atoms in total. The molecule has 3 rings (SSSR count). The van der Waals surface area contributed by atoms with Crippen LogP contribution >= 0.6 is 24.0 Å². The zero-order chi connectivity index (χ0) is 21.0. The van der Waals surface area contributed by atoms with Crippen molar-refractivity contribution in [1.82, 2.24) is 0 Å². The number of thiocarbonyl (C=S) groups is 1. The smallest absolute Gasteiger partial charge is 0.270 e. The second kappa shape index (κ2) is 9.46. The van der Waals surface area contributed by atoms with Gasteiger partial charge in [-0.25, -0.2) is 0 Å². The Kier molecular flexibility index (Phi) is 6.98. The molecule has 2 aromatic rings. The third-order valence-corrected chi connectivity index (χ3v) is 5.82. The van der Waals surface area contributed by atoms with E-state index in [9.17, 15) is 4.79 Å². The zero-order valence-corrected chi connectivity index (χ0v) is 18.7. The van der Waals surface area contributed by atoms with E-state index in [1.54, 1.807) is 4.90 Å². The van der Waals surface area contributed by atoms with Crippen LogP contribution in [0.15, 0.2) is 47.4 Å². The fourth-order valence-electron chi connectivity index (χ4n) is 2.89. The summed E-state index contributed by atoms with van der Waals surface area (Å²) in [5.41, 5.74) is 2.75. The maximum Gasteiger partial charge on any atom is 0.270 e. The third-order valence-electron chi connectivity index (χ3n) is 4.52. The standard InChI is InChI=1S/C23H25NO3S2/c1-5-16(4)27-19-11-10-17(13-20(19)26-6-2)14-21-22(25)24(23(28)29-21)18-9-7-8-15(3)12-18/h7-14,16H,5-6H2,1-4H3/b21-14-/t16-/m0/s1. The van der Waals surface area contributed by atoms with Gasteiger partial charge >= 0.3 is 0 Å². The van der Waals surface area contributed by atoms with Gasteiger partial charge in [-0.3, -0.25) is 9.69 Å². The molecule has 29 heavy (non-hydrogen) atoms. The summed E-state index contributed by atoms with van der Waals surface area (Å²) in [6.07, 6.45) is 2.87. The number of hydrogen-bond donors (Lipinski definition) is 0. The van der Waals surface area contributed by atoms with Gasteiger partial charge in [0.05, 0.1) is 23.3 Å². The Bertz CT molecular complexity index is 955. The van der Waals surface area contributed by atoms with Crippen LogP contribution in [0.2, 0.25) is 0 Å². The van der Waals surface area contributed by atoms with Crippen molar-refractivity contribution in [1.29, 1.82) is 0 Å². The lowest BCUT2D eigenvalue weighted by Crippen LogP contribution is -2.27. The summed E-state index contributed by atoms with van der Waals surface area (Å²) in [7, 11) is 0. The highest BCUT2D eigenvalue weighted by molar-refractivity contribution is 8.27. The summed E-state index contributed by atoms with van der Waals surface area (Å²) >= 11 is 6.78. The van der Waals surface area contributed by atoms with Gasteiger partial charge in [-0.2, -0.15) is 0 Å². The Morgan fingerprint density at radius 1 is 1.17 bits per heavy atom. The number of hydrogen-bond acceptors (Lipinski definition) is 5. The average molecular weight is 428 g/mol. The molecule has 1 heterocycles. The highest BCUT2D eigenvalue weighted by Gasteiger charge is 2.33. The Morgan fingerprint density at radius 2 is 1.97 bits per heavy atom. The summed E-state index contributed by atoms with van der Waals surface area (Å²) in [4.78, 5) is 15.2. The number of amides is 1. The Morgan fingerprint density at radius 3 is 2.66 bits per heavy atom. The van der Waals surface area contributed by atoms with Crippen LogP contribution in [-0.4, -0.2) is 22.9 Å². The van der Waals surface area contributed by atoms with E-state index in [2.05, 4.69) is 6.92 Å². The second-order valence-electron chi connectivity index (χ2n) is 6.83. The van der Waals surface area contributed by atoms with Crippen LogP contribution in [0.1, 0.15) is 38.3 Å². The predicted molar refractivity (Wildman–Crippen MR) is 125 cm³/mol. The van der Waals surface area contributed by atoms with Gasteiger partial charge in [-0.15, -0.1) is 0 Å². The first-order chi connectivity index (χ1) is 13.9. The minimum atomic E-state index is -0.108. The average Bonchev–Trinajstić information content (AvgIpc) is 2.97. The van der Waals surface area contributed by atoms with Gasteiger partial charge in [0.15, 0.2) is 15.8 Å². The molecule has 1 aliphatic heterocycles. The van der Waals surface area contributed by atoms with E-state index in [4.69, 9.17) is 21.7 Å². The van der Waals surface area contributed by atoms with Crippen LogP contribution in [0.5, 0.6) is 11.5 Å². The first-order valence-corrected chi connectivity index (χ1v) is 10.9. The highest BCUT2D eigenvalue weighted by atomic mass is 32.2. The summed E-state index contributed by atoms with van der Waals surface area (Å²) in [6.45, 7) is 8.58. The maximum atomic E-state index is 13.0. The van der Waals surface area contributed by atoms with E-state index in [-0.39, 0.29) is 12.0 Å². The number of benzene rings is 2. The third kappa shape index (κ3) is 5.00. The predicted octanol–water partition coefficient (Wildman–Crippen LogP) is 5.98. The van der Waals surface area contributed by atoms with Crippen LogP contribution in [-0.2, 0) is 4.79 Å². The lowest BCUT2D eigenvalue weighted by Gasteiger charge is -2.16. The molecule has 0 bridgehead atoms. The number of ether oxygens (including phenoxy) is 2. The topological polar surface area (TPSA) is 38.8 Å². The molecule has 2 aromatic carbocycles. The van der Waals surface area contributed by atoms with E-state index in [0.717, 1.165) is 23.2 Å². The molecule has 0 N–H and O–H groups in total. The molecular formula is C23H25NO3S2. The van der Waals surface area contributed by atoms with E-state index in [0.29, 0.717) is 27.3 Å². The number of aryl methyl sites for hydroxylation is 1. The molecule has 0 saturated carbocycles. The zero-order valence-electron chi connectivity index (χ0n) is 17.1. The Balaban J connectivity index is 1.88. The van der Waals surface area contributed by atoms with Crippen molar-refractivity contribution < 1.29 is 14.3 Å². The summed E-state index contributed by atoms with van der Waals surface area (Å²) in [5.74, 6) is 1.28. The highest BCUT2D eigenvalue weighted by Crippen LogP contribution is 2.37. The van der Waals surface area contributed by atoms with Crippen molar-refractivity contribution in [2.75, 3.05) is 11.5 Å². The molecule has 0 aromatic heterocycles. The molecule has 1 saturated heterocycles. The van der Waals surface area contributed by atoms with E-state index >= 15 is 0 Å². The minimum absolute atomic E-state index is 0.102. The SMILES string of the molecule is CCOc1cc(/C=C2\SC(=S)N(c3cccc(C)c3)C2=O)ccc1O[C@@H](C)CC.